The smallest absolute Gasteiger partial charge is 0.232 e. The van der Waals surface area contributed by atoms with Crippen LogP contribution in [0.4, 0.5) is 10.1 Å². The Bertz CT molecular complexity index is 1080. The van der Waals surface area contributed by atoms with E-state index in [2.05, 4.69) is 10.1 Å². The van der Waals surface area contributed by atoms with Crippen LogP contribution >= 0.6 is 0 Å². The number of nitrogens with zero attached hydrogens (tertiary/aromatic N) is 3. The molecule has 2 aromatic carbocycles. The maximum absolute atomic E-state index is 14.0. The summed E-state index contributed by atoms with van der Waals surface area (Å²) in [6, 6.07) is 9.71. The summed E-state index contributed by atoms with van der Waals surface area (Å²) in [6.45, 7) is 0.318. The summed E-state index contributed by atoms with van der Waals surface area (Å²) in [5.41, 5.74) is 1.15. The first-order valence-electron chi connectivity index (χ1n) is 9.24. The minimum absolute atomic E-state index is 0.124. The molecule has 0 saturated carbocycles. The summed E-state index contributed by atoms with van der Waals surface area (Å²) < 4.78 is 34.9. The van der Waals surface area contributed by atoms with Gasteiger partial charge in [-0.25, -0.2) is 4.39 Å². The molecule has 1 aromatic heterocycles. The molecule has 1 saturated heterocycles. The monoisotopic (exact) mass is 413 g/mol. The maximum atomic E-state index is 14.0. The summed E-state index contributed by atoms with van der Waals surface area (Å²) in [6.07, 6.45) is 0.196. The number of hydrogen-bond acceptors (Lipinski definition) is 7. The van der Waals surface area contributed by atoms with Crippen molar-refractivity contribution in [2.24, 2.45) is 0 Å². The minimum atomic E-state index is -0.528. The van der Waals surface area contributed by atoms with Crippen molar-refractivity contribution in [1.29, 1.82) is 0 Å². The number of aromatic nitrogens is 2. The van der Waals surface area contributed by atoms with E-state index in [-0.39, 0.29) is 24.0 Å². The highest BCUT2D eigenvalue weighted by Gasteiger charge is 2.35. The van der Waals surface area contributed by atoms with Crippen LogP contribution in [-0.2, 0) is 4.79 Å². The Kier molecular flexibility index (Phi) is 5.26. The van der Waals surface area contributed by atoms with Gasteiger partial charge in [0.25, 0.3) is 0 Å². The number of amides is 1. The quantitative estimate of drug-likeness (QED) is 0.612. The molecule has 2 heterocycles. The molecule has 1 aliphatic rings. The Balaban J connectivity index is 1.55. The Morgan fingerprint density at radius 3 is 2.47 bits per heavy atom. The van der Waals surface area contributed by atoms with Gasteiger partial charge < -0.3 is 23.6 Å². The molecule has 4 rings (SSSR count). The van der Waals surface area contributed by atoms with E-state index >= 15 is 0 Å². The second kappa shape index (κ2) is 8.02. The predicted molar refractivity (Wildman–Crippen MR) is 106 cm³/mol. The molecule has 0 aliphatic carbocycles. The van der Waals surface area contributed by atoms with Gasteiger partial charge in [-0.1, -0.05) is 5.16 Å². The Morgan fingerprint density at radius 1 is 1.03 bits per heavy atom. The van der Waals surface area contributed by atoms with Gasteiger partial charge in [-0.3, -0.25) is 4.79 Å². The highest BCUT2D eigenvalue weighted by molar-refractivity contribution is 5.96. The van der Waals surface area contributed by atoms with Crippen LogP contribution in [0.1, 0.15) is 18.2 Å². The second-order valence-electron chi connectivity index (χ2n) is 6.75. The minimum Gasteiger partial charge on any atom is -0.494 e. The van der Waals surface area contributed by atoms with E-state index in [4.69, 9.17) is 18.7 Å². The largest absolute Gasteiger partial charge is 0.494 e. The van der Waals surface area contributed by atoms with E-state index in [1.807, 2.05) is 0 Å². The van der Waals surface area contributed by atoms with Crippen LogP contribution in [0.25, 0.3) is 11.4 Å². The average Bonchev–Trinajstić information content (AvgIpc) is 3.40. The molecule has 8 nitrogen and oxygen atoms in total. The van der Waals surface area contributed by atoms with Crippen LogP contribution in [-0.4, -0.2) is 43.9 Å². The lowest BCUT2D eigenvalue weighted by Crippen LogP contribution is -2.24. The molecule has 1 fully saturated rings. The normalized spacial score (nSPS) is 16.1. The zero-order chi connectivity index (χ0) is 21.3. The molecule has 0 spiro atoms. The molecule has 1 unspecified atom stereocenters. The van der Waals surface area contributed by atoms with Gasteiger partial charge in [0.1, 0.15) is 0 Å². The lowest BCUT2D eigenvalue weighted by Gasteiger charge is -2.16. The zero-order valence-electron chi connectivity index (χ0n) is 16.7. The first kappa shape index (κ1) is 19.7. The van der Waals surface area contributed by atoms with Gasteiger partial charge in [0, 0.05) is 30.3 Å². The van der Waals surface area contributed by atoms with Gasteiger partial charge in [0.2, 0.25) is 17.6 Å². The highest BCUT2D eigenvalue weighted by atomic mass is 19.1. The molecule has 0 radical (unpaired) electrons. The Morgan fingerprint density at radius 2 is 1.77 bits per heavy atom. The standard InChI is InChI=1S/C21H20FN3O5/c1-27-16-7-5-14(10-15(16)22)25-11-13(9-19(25)26)21-23-20(24-30-21)12-4-6-17(28-2)18(8-12)29-3/h4-8,10,13H,9,11H2,1-3H3. The molecule has 9 heteroatoms. The SMILES string of the molecule is COc1ccc(N2CC(c3nc(-c4ccc(OC)c(OC)c4)no3)CC2=O)cc1F. The second-order valence-corrected chi connectivity index (χ2v) is 6.75. The third-order valence-corrected chi connectivity index (χ3v) is 5.00. The first-order valence-corrected chi connectivity index (χ1v) is 9.24. The molecule has 0 bridgehead atoms. The molecule has 1 aliphatic heterocycles. The maximum Gasteiger partial charge on any atom is 0.232 e. The third kappa shape index (κ3) is 3.54. The van der Waals surface area contributed by atoms with E-state index in [1.165, 1.54) is 24.1 Å². The van der Waals surface area contributed by atoms with Gasteiger partial charge in [-0.05, 0) is 30.3 Å². The molecular weight excluding hydrogens is 393 g/mol. The van der Waals surface area contributed by atoms with E-state index in [1.54, 1.807) is 38.5 Å². The van der Waals surface area contributed by atoms with Crippen LogP contribution in [0.2, 0.25) is 0 Å². The van der Waals surface area contributed by atoms with Crippen LogP contribution in [0.15, 0.2) is 40.9 Å². The van der Waals surface area contributed by atoms with Crippen molar-refractivity contribution in [3.05, 3.63) is 48.1 Å². The van der Waals surface area contributed by atoms with Crippen molar-refractivity contribution < 1.29 is 27.9 Å². The number of methoxy groups -OCH3 is 3. The van der Waals surface area contributed by atoms with Gasteiger partial charge in [-0.2, -0.15) is 4.98 Å². The fraction of sp³-hybridized carbons (Fsp3) is 0.286. The number of anilines is 1. The van der Waals surface area contributed by atoms with Crippen LogP contribution in [0, 0.1) is 5.82 Å². The number of hydrogen-bond donors (Lipinski definition) is 0. The lowest BCUT2D eigenvalue weighted by molar-refractivity contribution is -0.117. The van der Waals surface area contributed by atoms with E-state index < -0.39 is 5.82 Å². The van der Waals surface area contributed by atoms with Crippen molar-refractivity contribution in [3.63, 3.8) is 0 Å². The van der Waals surface area contributed by atoms with Crippen molar-refractivity contribution in [2.75, 3.05) is 32.8 Å². The molecule has 30 heavy (non-hydrogen) atoms. The summed E-state index contributed by atoms with van der Waals surface area (Å²) in [5, 5.41) is 4.03. The van der Waals surface area contributed by atoms with E-state index in [0.717, 1.165) is 0 Å². The number of ether oxygens (including phenoxy) is 3. The summed E-state index contributed by atoms with van der Waals surface area (Å²) in [7, 11) is 4.49. The fourth-order valence-corrected chi connectivity index (χ4v) is 3.44. The van der Waals surface area contributed by atoms with Gasteiger partial charge in [0.15, 0.2) is 23.1 Å². The van der Waals surface area contributed by atoms with Crippen LogP contribution in [0.5, 0.6) is 17.2 Å². The number of rotatable bonds is 6. The number of carbonyl (C=O) groups excluding carboxylic acids is 1. The van der Waals surface area contributed by atoms with Gasteiger partial charge >= 0.3 is 0 Å². The van der Waals surface area contributed by atoms with Crippen molar-refractivity contribution in [3.8, 4) is 28.6 Å². The molecule has 3 aromatic rings. The molecule has 0 N–H and O–H groups in total. The molecule has 156 valence electrons. The average molecular weight is 413 g/mol. The summed E-state index contributed by atoms with van der Waals surface area (Å²) in [5.74, 6) is 1.04. The zero-order valence-corrected chi connectivity index (χ0v) is 16.7. The number of benzene rings is 2. The number of carbonyl (C=O) groups is 1. The fourth-order valence-electron chi connectivity index (χ4n) is 3.44. The van der Waals surface area contributed by atoms with Crippen LogP contribution < -0.4 is 19.1 Å². The predicted octanol–water partition coefficient (Wildman–Crippen LogP) is 3.42. The van der Waals surface area contributed by atoms with Crippen LogP contribution in [0.3, 0.4) is 0 Å². The van der Waals surface area contributed by atoms with Gasteiger partial charge in [-0.15, -0.1) is 0 Å². The number of halogens is 1. The third-order valence-electron chi connectivity index (χ3n) is 5.00. The molecule has 1 amide bonds. The molecular formula is C21H20FN3O5. The Hall–Kier alpha value is -3.62. The first-order chi connectivity index (χ1) is 14.5. The molecule has 1 atom stereocenters. The highest BCUT2D eigenvalue weighted by Crippen LogP contribution is 2.35. The lowest BCUT2D eigenvalue weighted by atomic mass is 10.1. The van der Waals surface area contributed by atoms with E-state index in [9.17, 15) is 9.18 Å². The summed E-state index contributed by atoms with van der Waals surface area (Å²) >= 11 is 0. The van der Waals surface area contributed by atoms with Crippen molar-refractivity contribution in [1.82, 2.24) is 10.1 Å². The topological polar surface area (TPSA) is 86.9 Å². The summed E-state index contributed by atoms with van der Waals surface area (Å²) in [4.78, 5) is 18.5. The van der Waals surface area contributed by atoms with Crippen molar-refractivity contribution >= 4 is 11.6 Å². The van der Waals surface area contributed by atoms with Gasteiger partial charge in [0.05, 0.1) is 27.2 Å². The Labute approximate surface area is 172 Å². The van der Waals surface area contributed by atoms with E-state index in [0.29, 0.717) is 41.0 Å². The van der Waals surface area contributed by atoms with Crippen molar-refractivity contribution in [2.45, 2.75) is 12.3 Å².